The number of rotatable bonds is 4. The lowest BCUT2D eigenvalue weighted by atomic mass is 10.2. The first-order valence-corrected chi connectivity index (χ1v) is 6.23. The van der Waals surface area contributed by atoms with Crippen LogP contribution in [0.4, 0.5) is 17.2 Å². The SMILES string of the molecule is COc1ccc(OC)c(N(C)c2ccc(N)c(C#N)n2)c1. The van der Waals surface area contributed by atoms with Gasteiger partial charge in [0.1, 0.15) is 23.4 Å². The quantitative estimate of drug-likeness (QED) is 0.927. The van der Waals surface area contributed by atoms with Gasteiger partial charge in [0.05, 0.1) is 25.6 Å². The molecule has 0 fully saturated rings. The summed E-state index contributed by atoms with van der Waals surface area (Å²) in [6, 6.07) is 10.8. The normalized spacial score (nSPS) is 9.81. The van der Waals surface area contributed by atoms with E-state index >= 15 is 0 Å². The largest absolute Gasteiger partial charge is 0.497 e. The molecule has 6 nitrogen and oxygen atoms in total. The van der Waals surface area contributed by atoms with Crippen LogP contribution >= 0.6 is 0 Å². The fourth-order valence-corrected chi connectivity index (χ4v) is 1.92. The molecule has 0 aliphatic carbocycles. The van der Waals surface area contributed by atoms with Gasteiger partial charge in [0.2, 0.25) is 0 Å². The standard InChI is InChI=1S/C15H16N4O2/c1-19(15-7-5-11(17)12(9-16)18-15)13-8-10(20-2)4-6-14(13)21-3/h4-8H,17H2,1-3H3. The van der Waals surface area contributed by atoms with E-state index in [-0.39, 0.29) is 5.69 Å². The van der Waals surface area contributed by atoms with E-state index < -0.39 is 0 Å². The molecule has 1 heterocycles. The third kappa shape index (κ3) is 2.82. The van der Waals surface area contributed by atoms with Crippen LogP contribution in [-0.2, 0) is 0 Å². The molecule has 2 aromatic rings. The maximum Gasteiger partial charge on any atom is 0.165 e. The highest BCUT2D eigenvalue weighted by Crippen LogP contribution is 2.35. The minimum absolute atomic E-state index is 0.196. The molecule has 0 aliphatic rings. The third-order valence-corrected chi connectivity index (χ3v) is 3.11. The predicted octanol–water partition coefficient (Wildman–Crippen LogP) is 2.32. The first-order valence-electron chi connectivity index (χ1n) is 6.23. The summed E-state index contributed by atoms with van der Waals surface area (Å²) >= 11 is 0. The summed E-state index contributed by atoms with van der Waals surface area (Å²) < 4.78 is 10.6. The van der Waals surface area contributed by atoms with Crippen LogP contribution in [0.5, 0.6) is 11.5 Å². The molecule has 108 valence electrons. The van der Waals surface area contributed by atoms with Crippen LogP contribution in [0.2, 0.25) is 0 Å². The summed E-state index contributed by atoms with van der Waals surface area (Å²) in [4.78, 5) is 6.05. The molecule has 0 atom stereocenters. The topological polar surface area (TPSA) is 84.4 Å². The first kappa shape index (κ1) is 14.5. The molecular weight excluding hydrogens is 268 g/mol. The number of ether oxygens (including phenoxy) is 2. The van der Waals surface area contributed by atoms with Crippen LogP contribution in [0.15, 0.2) is 30.3 Å². The van der Waals surface area contributed by atoms with E-state index in [1.165, 1.54) is 0 Å². The van der Waals surface area contributed by atoms with E-state index in [2.05, 4.69) is 4.98 Å². The lowest BCUT2D eigenvalue weighted by Crippen LogP contribution is -2.13. The van der Waals surface area contributed by atoms with Crippen molar-refractivity contribution in [2.45, 2.75) is 0 Å². The van der Waals surface area contributed by atoms with Crippen LogP contribution in [0, 0.1) is 11.3 Å². The molecule has 0 amide bonds. The molecule has 0 saturated carbocycles. The van der Waals surface area contributed by atoms with Gasteiger partial charge in [-0.15, -0.1) is 0 Å². The second-order valence-electron chi connectivity index (χ2n) is 4.32. The van der Waals surface area contributed by atoms with Gasteiger partial charge in [-0.1, -0.05) is 0 Å². The van der Waals surface area contributed by atoms with Crippen molar-refractivity contribution in [3.8, 4) is 17.6 Å². The number of hydrogen-bond acceptors (Lipinski definition) is 6. The Morgan fingerprint density at radius 1 is 1.19 bits per heavy atom. The van der Waals surface area contributed by atoms with E-state index in [1.54, 1.807) is 26.4 Å². The highest BCUT2D eigenvalue weighted by atomic mass is 16.5. The van der Waals surface area contributed by atoms with Crippen LogP contribution in [-0.4, -0.2) is 26.3 Å². The van der Waals surface area contributed by atoms with Gasteiger partial charge in [0.15, 0.2) is 5.69 Å². The predicted molar refractivity (Wildman–Crippen MR) is 81.0 cm³/mol. The summed E-state index contributed by atoms with van der Waals surface area (Å²) in [6.07, 6.45) is 0. The fraction of sp³-hybridized carbons (Fsp3) is 0.200. The number of benzene rings is 1. The molecule has 0 spiro atoms. The Balaban J connectivity index is 2.48. The smallest absolute Gasteiger partial charge is 0.165 e. The Labute approximate surface area is 123 Å². The number of aromatic nitrogens is 1. The van der Waals surface area contributed by atoms with Gasteiger partial charge in [-0.2, -0.15) is 5.26 Å². The van der Waals surface area contributed by atoms with Crippen molar-refractivity contribution in [2.24, 2.45) is 0 Å². The van der Waals surface area contributed by atoms with Crippen LogP contribution < -0.4 is 20.1 Å². The summed E-state index contributed by atoms with van der Waals surface area (Å²) in [6.45, 7) is 0. The number of nitrogens with zero attached hydrogens (tertiary/aromatic N) is 3. The third-order valence-electron chi connectivity index (χ3n) is 3.11. The molecule has 0 bridgehead atoms. The Bertz CT molecular complexity index is 695. The first-order chi connectivity index (χ1) is 10.1. The van der Waals surface area contributed by atoms with Crippen molar-refractivity contribution >= 4 is 17.2 Å². The van der Waals surface area contributed by atoms with Crippen molar-refractivity contribution in [2.75, 3.05) is 31.9 Å². The van der Waals surface area contributed by atoms with Crippen molar-refractivity contribution in [3.63, 3.8) is 0 Å². The maximum atomic E-state index is 9.02. The van der Waals surface area contributed by atoms with Gasteiger partial charge in [-0.3, -0.25) is 0 Å². The molecule has 21 heavy (non-hydrogen) atoms. The van der Waals surface area contributed by atoms with Gasteiger partial charge in [0.25, 0.3) is 0 Å². The average Bonchev–Trinajstić information content (AvgIpc) is 2.54. The number of anilines is 3. The van der Waals surface area contributed by atoms with Crippen molar-refractivity contribution in [1.82, 2.24) is 4.98 Å². The van der Waals surface area contributed by atoms with E-state index in [1.807, 2.05) is 36.2 Å². The number of nitrogens with two attached hydrogens (primary N) is 1. The molecule has 0 aliphatic heterocycles. The van der Waals surface area contributed by atoms with Crippen LogP contribution in [0.1, 0.15) is 5.69 Å². The summed E-state index contributed by atoms with van der Waals surface area (Å²) in [5.74, 6) is 1.97. The molecule has 2 N–H and O–H groups in total. The molecule has 1 aromatic heterocycles. The number of nitriles is 1. The zero-order valence-electron chi connectivity index (χ0n) is 12.1. The molecule has 1 aromatic carbocycles. The Morgan fingerprint density at radius 3 is 2.57 bits per heavy atom. The van der Waals surface area contributed by atoms with Gasteiger partial charge >= 0.3 is 0 Å². The number of hydrogen-bond donors (Lipinski definition) is 1. The fourth-order valence-electron chi connectivity index (χ4n) is 1.92. The molecule has 6 heteroatoms. The van der Waals surface area contributed by atoms with Crippen LogP contribution in [0.25, 0.3) is 0 Å². The van der Waals surface area contributed by atoms with Gasteiger partial charge in [-0.25, -0.2) is 4.98 Å². The number of methoxy groups -OCH3 is 2. The molecular formula is C15H16N4O2. The van der Waals surface area contributed by atoms with Gasteiger partial charge in [0, 0.05) is 13.1 Å². The Morgan fingerprint density at radius 2 is 1.95 bits per heavy atom. The zero-order valence-corrected chi connectivity index (χ0v) is 12.1. The van der Waals surface area contributed by atoms with E-state index in [9.17, 15) is 0 Å². The lowest BCUT2D eigenvalue weighted by molar-refractivity contribution is 0.404. The van der Waals surface area contributed by atoms with Gasteiger partial charge in [-0.05, 0) is 24.3 Å². The second-order valence-corrected chi connectivity index (χ2v) is 4.32. The minimum Gasteiger partial charge on any atom is -0.497 e. The van der Waals surface area contributed by atoms with E-state index in [4.69, 9.17) is 20.5 Å². The Kier molecular flexibility index (Phi) is 4.14. The monoisotopic (exact) mass is 284 g/mol. The van der Waals surface area contributed by atoms with E-state index in [0.29, 0.717) is 23.0 Å². The highest BCUT2D eigenvalue weighted by Gasteiger charge is 2.14. The highest BCUT2D eigenvalue weighted by molar-refractivity contribution is 5.69. The summed E-state index contributed by atoms with van der Waals surface area (Å²) in [5, 5.41) is 9.02. The molecule has 2 rings (SSSR count). The zero-order chi connectivity index (χ0) is 15.4. The average molecular weight is 284 g/mol. The summed E-state index contributed by atoms with van der Waals surface area (Å²) in [5.41, 5.74) is 7.02. The van der Waals surface area contributed by atoms with Crippen molar-refractivity contribution in [1.29, 1.82) is 5.26 Å². The van der Waals surface area contributed by atoms with Crippen molar-refractivity contribution in [3.05, 3.63) is 36.0 Å². The molecule has 0 saturated heterocycles. The number of nitrogen functional groups attached to an aromatic ring is 1. The minimum atomic E-state index is 0.196. The van der Waals surface area contributed by atoms with Gasteiger partial charge < -0.3 is 20.1 Å². The van der Waals surface area contributed by atoms with Crippen molar-refractivity contribution < 1.29 is 9.47 Å². The Hall–Kier alpha value is -2.94. The van der Waals surface area contributed by atoms with Crippen LogP contribution in [0.3, 0.4) is 0 Å². The lowest BCUT2D eigenvalue weighted by Gasteiger charge is -2.21. The molecule has 0 radical (unpaired) electrons. The summed E-state index contributed by atoms with van der Waals surface area (Å²) in [7, 11) is 5.02. The maximum absolute atomic E-state index is 9.02. The van der Waals surface area contributed by atoms with E-state index in [0.717, 1.165) is 5.69 Å². The number of pyridine rings is 1. The second kappa shape index (κ2) is 6.01. The molecule has 0 unspecified atom stereocenters.